The van der Waals surface area contributed by atoms with Crippen LogP contribution in [0.1, 0.15) is 20.8 Å². The van der Waals surface area contributed by atoms with Crippen molar-refractivity contribution in [2.75, 3.05) is 39.4 Å². The van der Waals surface area contributed by atoms with Gasteiger partial charge in [0.15, 0.2) is 0 Å². The fourth-order valence-corrected chi connectivity index (χ4v) is 3.08. The summed E-state index contributed by atoms with van der Waals surface area (Å²) in [5.41, 5.74) is 0.706. The molecular weight excluding hydrogens is 266 g/mol. The van der Waals surface area contributed by atoms with Crippen molar-refractivity contribution < 1.29 is 9.53 Å². The Morgan fingerprint density at radius 2 is 1.95 bits per heavy atom. The molecule has 1 atom stereocenters. The third-order valence-corrected chi connectivity index (χ3v) is 4.61. The van der Waals surface area contributed by atoms with Crippen LogP contribution in [0.15, 0.2) is 11.6 Å². The average Bonchev–Trinajstić information content (AvgIpc) is 2.38. The lowest BCUT2D eigenvalue weighted by atomic mass is 9.93. The van der Waals surface area contributed by atoms with Crippen LogP contribution in [0.2, 0.25) is 0 Å². The number of ether oxygens (including phenoxy) is 1. The van der Waals surface area contributed by atoms with Crippen LogP contribution in [0.5, 0.6) is 0 Å². The fourth-order valence-electron chi connectivity index (χ4n) is 3.08. The number of aldehydes is 1. The van der Waals surface area contributed by atoms with Gasteiger partial charge in [-0.1, -0.05) is 11.6 Å². The minimum atomic E-state index is -0.627. The lowest BCUT2D eigenvalue weighted by molar-refractivity contribution is -0.109. The average molecular weight is 291 g/mol. The molecule has 0 N–H and O–H groups in total. The molecule has 0 aromatic heterocycles. The van der Waals surface area contributed by atoms with Crippen molar-refractivity contribution in [2.24, 2.45) is 5.92 Å². The van der Waals surface area contributed by atoms with E-state index in [9.17, 15) is 4.79 Å². The van der Waals surface area contributed by atoms with Crippen molar-refractivity contribution >= 4 is 6.29 Å². The Hall–Kier alpha value is -1.22. The van der Waals surface area contributed by atoms with Crippen molar-refractivity contribution in [2.45, 2.75) is 32.4 Å². The minimum absolute atomic E-state index is 0.135. The smallest absolute Gasteiger partial charge is 0.141 e. The summed E-state index contributed by atoms with van der Waals surface area (Å²) in [6, 6.07) is 2.64. The van der Waals surface area contributed by atoms with Crippen LogP contribution in [-0.2, 0) is 9.53 Å². The molecule has 2 heterocycles. The van der Waals surface area contributed by atoms with Gasteiger partial charge in [0.25, 0.3) is 0 Å². The van der Waals surface area contributed by atoms with Crippen LogP contribution in [-0.4, -0.2) is 67.1 Å². The third kappa shape index (κ3) is 3.70. The molecule has 21 heavy (non-hydrogen) atoms. The number of rotatable bonds is 5. The van der Waals surface area contributed by atoms with Crippen molar-refractivity contribution in [1.82, 2.24) is 9.80 Å². The van der Waals surface area contributed by atoms with Crippen molar-refractivity contribution in [3.05, 3.63) is 11.6 Å². The molecule has 0 saturated carbocycles. The molecule has 0 bridgehead atoms. The molecule has 2 saturated heterocycles. The lowest BCUT2D eigenvalue weighted by Crippen LogP contribution is -2.59. The van der Waals surface area contributed by atoms with E-state index in [0.717, 1.165) is 51.3 Å². The van der Waals surface area contributed by atoms with Gasteiger partial charge in [-0.3, -0.25) is 9.80 Å². The Balaban J connectivity index is 1.95. The zero-order valence-corrected chi connectivity index (χ0v) is 13.2. The number of piperazine rings is 1. The van der Waals surface area contributed by atoms with E-state index in [4.69, 9.17) is 10.00 Å². The largest absolute Gasteiger partial charge is 0.378 e. The molecule has 0 aromatic rings. The topological polar surface area (TPSA) is 56.6 Å². The van der Waals surface area contributed by atoms with E-state index >= 15 is 0 Å². The normalized spacial score (nSPS) is 24.2. The second kappa shape index (κ2) is 6.69. The maximum atomic E-state index is 10.9. The molecule has 0 spiro atoms. The summed E-state index contributed by atoms with van der Waals surface area (Å²) in [5.74, 6) is -0.627. The second-order valence-electron chi connectivity index (χ2n) is 6.50. The van der Waals surface area contributed by atoms with Crippen LogP contribution in [0.3, 0.4) is 0 Å². The number of hydrogen-bond acceptors (Lipinski definition) is 5. The summed E-state index contributed by atoms with van der Waals surface area (Å²) in [5, 5.41) is 8.98. The molecule has 0 amide bonds. The van der Waals surface area contributed by atoms with Gasteiger partial charge in [-0.15, -0.1) is 0 Å². The summed E-state index contributed by atoms with van der Waals surface area (Å²) in [4.78, 5) is 15.8. The van der Waals surface area contributed by atoms with Gasteiger partial charge in [-0.05, 0) is 20.8 Å². The fraction of sp³-hybridized carbons (Fsp3) is 0.750. The molecule has 0 aromatic carbocycles. The number of nitriles is 1. The van der Waals surface area contributed by atoms with E-state index in [2.05, 4.69) is 29.7 Å². The van der Waals surface area contributed by atoms with Gasteiger partial charge in [0, 0.05) is 31.7 Å². The Bertz CT molecular complexity index is 441. The van der Waals surface area contributed by atoms with Gasteiger partial charge in [0.05, 0.1) is 25.3 Å². The molecule has 2 rings (SSSR count). The highest BCUT2D eigenvalue weighted by Crippen LogP contribution is 2.23. The van der Waals surface area contributed by atoms with E-state index in [1.54, 1.807) is 0 Å². The Morgan fingerprint density at radius 3 is 2.38 bits per heavy atom. The summed E-state index contributed by atoms with van der Waals surface area (Å²) in [6.45, 7) is 12.0. The highest BCUT2D eigenvalue weighted by atomic mass is 16.5. The quantitative estimate of drug-likeness (QED) is 0.560. The van der Waals surface area contributed by atoms with Crippen molar-refractivity contribution in [1.29, 1.82) is 5.26 Å². The van der Waals surface area contributed by atoms with E-state index < -0.39 is 5.92 Å². The summed E-state index contributed by atoms with van der Waals surface area (Å²) in [7, 11) is 0. The SMILES string of the molecule is C/C(=C\C(C)(C)N1CCN(C2COC2)CC1)C(C#N)C=O. The lowest BCUT2D eigenvalue weighted by Gasteiger charge is -2.47. The van der Waals surface area contributed by atoms with Crippen molar-refractivity contribution in [3.8, 4) is 6.07 Å². The molecule has 2 aliphatic heterocycles. The van der Waals surface area contributed by atoms with Gasteiger partial charge in [-0.2, -0.15) is 5.26 Å². The molecular formula is C16H25N3O2. The summed E-state index contributed by atoms with van der Waals surface area (Å²) < 4.78 is 5.26. The molecule has 2 fully saturated rings. The first-order chi connectivity index (χ1) is 9.97. The number of nitrogens with zero attached hydrogens (tertiary/aromatic N) is 3. The number of hydrogen-bond donors (Lipinski definition) is 0. The Morgan fingerprint density at radius 1 is 1.33 bits per heavy atom. The van der Waals surface area contributed by atoms with Crippen LogP contribution in [0.25, 0.3) is 0 Å². The van der Waals surface area contributed by atoms with Gasteiger partial charge in [0.1, 0.15) is 12.2 Å². The Kier molecular flexibility index (Phi) is 5.15. The maximum Gasteiger partial charge on any atom is 0.141 e. The zero-order valence-electron chi connectivity index (χ0n) is 13.2. The third-order valence-electron chi connectivity index (χ3n) is 4.61. The van der Waals surface area contributed by atoms with Crippen LogP contribution in [0.4, 0.5) is 0 Å². The van der Waals surface area contributed by atoms with E-state index in [1.807, 2.05) is 13.0 Å². The summed E-state index contributed by atoms with van der Waals surface area (Å²) in [6.07, 6.45) is 2.79. The molecule has 5 heteroatoms. The zero-order chi connectivity index (χ0) is 15.5. The monoisotopic (exact) mass is 291 g/mol. The second-order valence-corrected chi connectivity index (χ2v) is 6.50. The molecule has 0 radical (unpaired) electrons. The first kappa shape index (κ1) is 16.2. The van der Waals surface area contributed by atoms with E-state index in [0.29, 0.717) is 6.04 Å². The van der Waals surface area contributed by atoms with Crippen molar-refractivity contribution in [3.63, 3.8) is 0 Å². The first-order valence-corrected chi connectivity index (χ1v) is 7.59. The first-order valence-electron chi connectivity index (χ1n) is 7.59. The van der Waals surface area contributed by atoms with Gasteiger partial charge in [0.2, 0.25) is 0 Å². The molecule has 0 aliphatic carbocycles. The van der Waals surface area contributed by atoms with E-state index in [-0.39, 0.29) is 5.54 Å². The van der Waals surface area contributed by atoms with E-state index in [1.165, 1.54) is 0 Å². The van der Waals surface area contributed by atoms with Gasteiger partial charge >= 0.3 is 0 Å². The van der Waals surface area contributed by atoms with Gasteiger partial charge < -0.3 is 9.53 Å². The van der Waals surface area contributed by atoms with Crippen LogP contribution in [0, 0.1) is 17.2 Å². The van der Waals surface area contributed by atoms with Crippen LogP contribution < -0.4 is 0 Å². The Labute approximate surface area is 127 Å². The van der Waals surface area contributed by atoms with Gasteiger partial charge in [-0.25, -0.2) is 0 Å². The number of carbonyl (C=O) groups excluding carboxylic acids is 1. The number of allylic oxidation sites excluding steroid dienone is 1. The molecule has 5 nitrogen and oxygen atoms in total. The molecule has 116 valence electrons. The molecule has 1 unspecified atom stereocenters. The predicted molar refractivity (Wildman–Crippen MR) is 80.8 cm³/mol. The highest BCUT2D eigenvalue weighted by Gasteiger charge is 2.33. The number of carbonyl (C=O) groups is 1. The molecule has 2 aliphatic rings. The minimum Gasteiger partial charge on any atom is -0.378 e. The summed E-state index contributed by atoms with van der Waals surface area (Å²) >= 11 is 0. The van der Waals surface area contributed by atoms with Crippen LogP contribution >= 0.6 is 0 Å². The predicted octanol–water partition coefficient (Wildman–Crippen LogP) is 1.07. The maximum absolute atomic E-state index is 10.9. The standard InChI is InChI=1S/C16H25N3O2/c1-13(14(9-17)10-20)8-16(2,3)19-6-4-18(5-7-19)15-11-21-12-15/h8,10,14-15H,4-7,11-12H2,1-3H3/b13-8+. The highest BCUT2D eigenvalue weighted by molar-refractivity contribution is 5.62.